The molecule has 0 bridgehead atoms. The maximum atomic E-state index is 13.9. The number of aromatic nitrogens is 2. The number of hydrogen-bond donors (Lipinski definition) is 2. The van der Waals surface area contributed by atoms with Gasteiger partial charge in [0.1, 0.15) is 22.9 Å². The van der Waals surface area contributed by atoms with E-state index in [2.05, 4.69) is 100 Å². The Balaban J connectivity index is 0.724. The third-order valence-corrected chi connectivity index (χ3v) is 15.2. The molecule has 4 heterocycles. The zero-order valence-electron chi connectivity index (χ0n) is 47.5. The van der Waals surface area contributed by atoms with E-state index in [0.717, 1.165) is 90.6 Å². The van der Waals surface area contributed by atoms with Gasteiger partial charge in [0, 0.05) is 108 Å². The van der Waals surface area contributed by atoms with Crippen molar-refractivity contribution < 1.29 is 27.5 Å². The lowest BCUT2D eigenvalue weighted by molar-refractivity contribution is -0.275. The van der Waals surface area contributed by atoms with E-state index in [1.807, 2.05) is 92.7 Å². The minimum Gasteiger partial charge on any atom is -0.405 e. The Morgan fingerprint density at radius 2 is 1.13 bits per heavy atom. The molecule has 0 atom stereocenters. The molecule has 2 N–H and O–H groups in total. The highest BCUT2D eigenvalue weighted by Gasteiger charge is 2.33. The van der Waals surface area contributed by atoms with Crippen LogP contribution in [-0.2, 0) is 13.1 Å². The van der Waals surface area contributed by atoms with E-state index in [9.17, 15) is 28.0 Å². The fourth-order valence-corrected chi connectivity index (χ4v) is 10.7. The molecule has 84 heavy (non-hydrogen) atoms. The van der Waals surface area contributed by atoms with E-state index in [1.54, 1.807) is 54.9 Å². The monoisotopic (exact) mass is 1130 g/mol. The summed E-state index contributed by atoms with van der Waals surface area (Å²) in [7, 11) is 4.16. The zero-order chi connectivity index (χ0) is 58.7. The molecule has 0 unspecified atom stereocenters. The number of aryl methyl sites for hydroxylation is 2. The van der Waals surface area contributed by atoms with E-state index < -0.39 is 6.36 Å². The smallest absolute Gasteiger partial charge is 0.405 e. The van der Waals surface area contributed by atoms with Crippen molar-refractivity contribution in [3.63, 3.8) is 0 Å². The molecule has 14 nitrogen and oxygen atoms in total. The number of pyridine rings is 2. The first-order valence-corrected chi connectivity index (χ1v) is 28.0. The van der Waals surface area contributed by atoms with Crippen LogP contribution in [0.5, 0.6) is 5.75 Å². The molecule has 0 aliphatic carbocycles. The number of rotatable bonds is 14. The van der Waals surface area contributed by atoms with Gasteiger partial charge in [-0.2, -0.15) is 5.26 Å². The molecular weight excluding hydrogens is 1060 g/mol. The summed E-state index contributed by atoms with van der Waals surface area (Å²) in [6.07, 6.45) is 0.151. The normalized spacial score (nSPS) is 14.1. The maximum Gasteiger partial charge on any atom is 0.573 e. The lowest BCUT2D eigenvalue weighted by Gasteiger charge is -2.25. The number of amides is 2. The van der Waals surface area contributed by atoms with E-state index in [1.165, 1.54) is 17.3 Å². The Morgan fingerprint density at radius 3 is 1.63 bits per heavy atom. The Labute approximate surface area is 488 Å². The summed E-state index contributed by atoms with van der Waals surface area (Å²) in [5.74, 6) is 0.718. The van der Waals surface area contributed by atoms with Gasteiger partial charge in [-0.3, -0.25) is 19.4 Å². The van der Waals surface area contributed by atoms with Gasteiger partial charge in [0.15, 0.2) is 0 Å². The Bertz CT molecular complexity index is 3740. The molecule has 2 aliphatic heterocycles. The van der Waals surface area contributed by atoms with Crippen molar-refractivity contribution >= 4 is 46.2 Å². The third-order valence-electron chi connectivity index (χ3n) is 15.2. The van der Waals surface area contributed by atoms with Crippen LogP contribution in [0.1, 0.15) is 66.9 Å². The summed E-state index contributed by atoms with van der Waals surface area (Å²) in [4.78, 5) is 51.9. The van der Waals surface area contributed by atoms with Crippen LogP contribution in [0.15, 0.2) is 164 Å². The van der Waals surface area contributed by atoms with Crippen LogP contribution in [0, 0.1) is 31.2 Å². The second kappa shape index (κ2) is 26.1. The molecule has 2 aromatic heterocycles. The van der Waals surface area contributed by atoms with Gasteiger partial charge in [0.25, 0.3) is 11.8 Å². The van der Waals surface area contributed by atoms with Crippen molar-refractivity contribution in [3.8, 4) is 40.1 Å². The van der Waals surface area contributed by atoms with Gasteiger partial charge in [0.05, 0.1) is 41.5 Å². The molecule has 426 valence electrons. The molecule has 17 heteroatoms. The summed E-state index contributed by atoms with van der Waals surface area (Å²) < 4.78 is 46.2. The number of nitriles is 1. The highest BCUT2D eigenvalue weighted by molar-refractivity contribution is 6.06. The fraction of sp³-hybridized carbons (Fsp3) is 0.254. The van der Waals surface area contributed by atoms with Crippen molar-refractivity contribution in [1.82, 2.24) is 19.8 Å². The fourth-order valence-electron chi connectivity index (χ4n) is 10.7. The summed E-state index contributed by atoms with van der Waals surface area (Å²) in [6.45, 7) is 11.2. The van der Waals surface area contributed by atoms with E-state index in [4.69, 9.17) is 4.98 Å². The van der Waals surface area contributed by atoms with Gasteiger partial charge in [-0.1, -0.05) is 54.6 Å². The number of nitrogens with one attached hydrogen (secondary N) is 2. The van der Waals surface area contributed by atoms with E-state index in [0.29, 0.717) is 65.4 Å². The number of alkyl halides is 3. The van der Waals surface area contributed by atoms with Crippen LogP contribution < -0.4 is 30.1 Å². The molecule has 0 saturated carbocycles. The lowest BCUT2D eigenvalue weighted by Crippen LogP contribution is -2.31. The van der Waals surface area contributed by atoms with Gasteiger partial charge in [-0.15, -0.1) is 13.2 Å². The minimum absolute atomic E-state index is 0.221. The van der Waals surface area contributed by atoms with Crippen molar-refractivity contribution in [2.75, 3.05) is 91.8 Å². The van der Waals surface area contributed by atoms with Crippen molar-refractivity contribution in [2.45, 2.75) is 46.1 Å². The molecule has 0 radical (unpaired) electrons. The second-order valence-corrected chi connectivity index (χ2v) is 21.4. The number of benzene rings is 6. The third kappa shape index (κ3) is 14.7. The first kappa shape index (κ1) is 57.7. The first-order chi connectivity index (χ1) is 40.6. The topological polar surface area (TPSA) is 138 Å². The van der Waals surface area contributed by atoms with Gasteiger partial charge >= 0.3 is 18.1 Å². The number of halogens is 3. The molecule has 2 aliphatic rings. The molecule has 0 spiro atoms. The standard InChI is InChI=1S/C67H64F3N11O3/c1-46-11-17-52(37-59(46)50-19-13-48(40-71)14-20-50)65(82)75-58-26-28-64(74-43-58)81-32-8-30-79(34-36-81)45-55-23-24-56(39-62(55)84-67(68,69)70)72-41-49-15-21-51(22-16-49)60-38-53(18-12-47(60)2)66(83)76-57-25-27-63(73-42-57)80-31-7-29-78(33-35-80)44-54-9-5-6-10-61(54)77(3)4/h5-6,9-28,37-39,42-43H,7-8,29-36,44-45H2,1-4H3,(H-,75,76,82,83)/p+1. The number of ether oxygens (including phenoxy) is 1. The van der Waals surface area contributed by atoms with Gasteiger partial charge in [-0.25, -0.2) is 9.97 Å². The predicted molar refractivity (Wildman–Crippen MR) is 326 cm³/mol. The van der Waals surface area contributed by atoms with Crippen molar-refractivity contribution in [1.29, 1.82) is 5.26 Å². The highest BCUT2D eigenvalue weighted by atomic mass is 19.4. The van der Waals surface area contributed by atoms with Crippen molar-refractivity contribution in [3.05, 3.63) is 213 Å². The van der Waals surface area contributed by atoms with Crippen LogP contribution in [0.2, 0.25) is 0 Å². The molecule has 2 saturated heterocycles. The summed E-state index contributed by atoms with van der Waals surface area (Å²) >= 11 is 0. The van der Waals surface area contributed by atoms with Gasteiger partial charge in [0.2, 0.25) is 0 Å². The number of para-hydroxylation sites is 1. The van der Waals surface area contributed by atoms with E-state index in [-0.39, 0.29) is 29.8 Å². The summed E-state index contributed by atoms with van der Waals surface area (Å²) in [6, 6.07) is 51.4. The number of nitrogens with zero attached hydrogens (tertiary/aromatic N) is 9. The number of hydrogen-bond acceptors (Lipinski definition) is 11. The Kier molecular flexibility index (Phi) is 17.9. The molecule has 2 fully saturated rings. The predicted octanol–water partition coefficient (Wildman–Crippen LogP) is 13.2. The van der Waals surface area contributed by atoms with Crippen LogP contribution in [0.25, 0.3) is 27.1 Å². The Hall–Kier alpha value is -9.55. The largest absolute Gasteiger partial charge is 0.573 e. The molecule has 6 aromatic carbocycles. The second-order valence-electron chi connectivity index (χ2n) is 21.4. The highest BCUT2D eigenvalue weighted by Crippen LogP contribution is 2.33. The van der Waals surface area contributed by atoms with Gasteiger partial charge < -0.3 is 30.1 Å². The molecule has 10 rings (SSSR count). The molecule has 8 aromatic rings. The number of carbonyl (C=O) groups excluding carboxylic acids is 2. The minimum atomic E-state index is -4.92. The van der Waals surface area contributed by atoms with Crippen LogP contribution >= 0.6 is 0 Å². The molecule has 2 amide bonds. The van der Waals surface area contributed by atoms with Crippen molar-refractivity contribution in [2.24, 2.45) is 0 Å². The zero-order valence-corrected chi connectivity index (χ0v) is 47.5. The average Bonchev–Trinajstić information content (AvgIpc) is 3.85. The first-order valence-electron chi connectivity index (χ1n) is 28.0. The SMILES string of the molecule is Cc1ccc(C(=O)Nc2ccc(N3CCCN(Cc4ccc([N+]#Cc5ccc(-c6cc(C(=O)Nc7ccc(N8CCCN(Cc9ccccc9N(C)C)CC8)nc7)ccc6C)cc5)cc4OC(F)(F)F)CC3)nc2)cc1-c1ccc(C#N)cc1. The van der Waals surface area contributed by atoms with Gasteiger partial charge in [-0.05, 0) is 155 Å². The molecular formula is C67H65F3N11O3+. The van der Waals surface area contributed by atoms with Crippen LogP contribution in [-0.4, -0.2) is 104 Å². The average molecular weight is 1130 g/mol. The van der Waals surface area contributed by atoms with E-state index >= 15 is 0 Å². The van der Waals surface area contributed by atoms with Crippen LogP contribution in [0.4, 0.5) is 47.6 Å². The maximum absolute atomic E-state index is 13.9. The summed E-state index contributed by atoms with van der Waals surface area (Å²) in [5.41, 5.74) is 11.9. The Morgan fingerprint density at radius 1 is 0.607 bits per heavy atom. The number of carbonyl (C=O) groups is 2. The quantitative estimate of drug-likeness (QED) is 0.108. The lowest BCUT2D eigenvalue weighted by atomic mass is 9.97. The summed E-state index contributed by atoms with van der Waals surface area (Å²) in [5, 5.41) is 15.1. The number of anilines is 5. The van der Waals surface area contributed by atoms with Crippen LogP contribution in [0.3, 0.4) is 0 Å².